The number of ether oxygens (including phenoxy) is 1. The number of amides is 1. The molecule has 2 saturated carbocycles. The SMILES string of the molecule is CC1CCCC(OCc2cccc(NC(=O)C3(N)CC3)c2)C1. The van der Waals surface area contributed by atoms with E-state index in [1.165, 1.54) is 12.8 Å². The summed E-state index contributed by atoms with van der Waals surface area (Å²) >= 11 is 0. The van der Waals surface area contributed by atoms with E-state index in [0.717, 1.165) is 42.9 Å². The summed E-state index contributed by atoms with van der Waals surface area (Å²) in [6.07, 6.45) is 6.84. The highest BCUT2D eigenvalue weighted by Gasteiger charge is 2.45. The largest absolute Gasteiger partial charge is 0.374 e. The summed E-state index contributed by atoms with van der Waals surface area (Å²) in [5, 5.41) is 2.91. The number of hydrogen-bond acceptors (Lipinski definition) is 3. The van der Waals surface area contributed by atoms with Crippen molar-refractivity contribution in [3.05, 3.63) is 29.8 Å². The Kier molecular flexibility index (Phi) is 4.50. The van der Waals surface area contributed by atoms with Crippen LogP contribution in [0.1, 0.15) is 51.0 Å². The molecule has 2 fully saturated rings. The lowest BCUT2D eigenvalue weighted by atomic mass is 9.89. The molecule has 22 heavy (non-hydrogen) atoms. The van der Waals surface area contributed by atoms with Crippen LogP contribution in [0.25, 0.3) is 0 Å². The van der Waals surface area contributed by atoms with Gasteiger partial charge in [-0.3, -0.25) is 4.79 Å². The minimum absolute atomic E-state index is 0.0772. The van der Waals surface area contributed by atoms with Crippen molar-refractivity contribution in [3.8, 4) is 0 Å². The second kappa shape index (κ2) is 6.39. The average Bonchev–Trinajstić information content (AvgIpc) is 3.25. The molecule has 0 aliphatic heterocycles. The second-order valence-electron chi connectivity index (χ2n) is 7.02. The number of nitrogens with one attached hydrogen (secondary N) is 1. The van der Waals surface area contributed by atoms with Crippen molar-refractivity contribution in [2.24, 2.45) is 11.7 Å². The van der Waals surface area contributed by atoms with E-state index in [-0.39, 0.29) is 5.91 Å². The van der Waals surface area contributed by atoms with E-state index >= 15 is 0 Å². The van der Waals surface area contributed by atoms with Gasteiger partial charge in [0.05, 0.1) is 18.2 Å². The normalized spacial score (nSPS) is 26.5. The van der Waals surface area contributed by atoms with E-state index in [2.05, 4.69) is 12.2 Å². The molecule has 2 aliphatic rings. The van der Waals surface area contributed by atoms with Gasteiger partial charge in [0.15, 0.2) is 0 Å². The maximum atomic E-state index is 12.0. The number of rotatable bonds is 5. The van der Waals surface area contributed by atoms with E-state index in [1.807, 2.05) is 24.3 Å². The third-order valence-electron chi connectivity index (χ3n) is 4.80. The number of carbonyl (C=O) groups excluding carboxylic acids is 1. The van der Waals surface area contributed by atoms with Crippen LogP contribution >= 0.6 is 0 Å². The van der Waals surface area contributed by atoms with Crippen LogP contribution in [0.4, 0.5) is 5.69 Å². The zero-order chi connectivity index (χ0) is 15.6. The van der Waals surface area contributed by atoms with Gasteiger partial charge in [0, 0.05) is 5.69 Å². The smallest absolute Gasteiger partial charge is 0.244 e. The van der Waals surface area contributed by atoms with Crippen LogP contribution in [0, 0.1) is 5.92 Å². The predicted molar refractivity (Wildman–Crippen MR) is 87.4 cm³/mol. The van der Waals surface area contributed by atoms with Crippen LogP contribution in [0.15, 0.2) is 24.3 Å². The number of carbonyl (C=O) groups is 1. The summed E-state index contributed by atoms with van der Waals surface area (Å²) in [5.74, 6) is 0.690. The van der Waals surface area contributed by atoms with Gasteiger partial charge in [-0.05, 0) is 49.3 Å². The lowest BCUT2D eigenvalue weighted by Crippen LogP contribution is -2.37. The molecule has 2 atom stereocenters. The lowest BCUT2D eigenvalue weighted by molar-refractivity contribution is -0.118. The van der Waals surface area contributed by atoms with Crippen molar-refractivity contribution >= 4 is 11.6 Å². The summed E-state index contributed by atoms with van der Waals surface area (Å²) < 4.78 is 6.04. The molecule has 4 heteroatoms. The molecule has 4 nitrogen and oxygen atoms in total. The van der Waals surface area contributed by atoms with Crippen LogP contribution in [0.2, 0.25) is 0 Å². The lowest BCUT2D eigenvalue weighted by Gasteiger charge is -2.26. The summed E-state index contributed by atoms with van der Waals surface area (Å²) in [6, 6.07) is 7.87. The molecule has 2 aliphatic carbocycles. The van der Waals surface area contributed by atoms with Gasteiger partial charge >= 0.3 is 0 Å². The van der Waals surface area contributed by atoms with Gasteiger partial charge in [0.25, 0.3) is 0 Å². The van der Waals surface area contributed by atoms with Crippen LogP contribution in [0.3, 0.4) is 0 Å². The van der Waals surface area contributed by atoms with Crippen LogP contribution in [-0.4, -0.2) is 17.6 Å². The predicted octanol–water partition coefficient (Wildman–Crippen LogP) is 3.21. The first-order chi connectivity index (χ1) is 10.5. The monoisotopic (exact) mass is 302 g/mol. The van der Waals surface area contributed by atoms with Gasteiger partial charge in [0.1, 0.15) is 0 Å². The number of hydrogen-bond donors (Lipinski definition) is 2. The maximum Gasteiger partial charge on any atom is 0.244 e. The van der Waals surface area contributed by atoms with Gasteiger partial charge in [-0.2, -0.15) is 0 Å². The first kappa shape index (κ1) is 15.5. The maximum absolute atomic E-state index is 12.0. The molecule has 0 spiro atoms. The molecule has 0 heterocycles. The molecule has 0 saturated heterocycles. The van der Waals surface area contributed by atoms with Crippen molar-refractivity contribution in [2.45, 2.75) is 63.7 Å². The highest BCUT2D eigenvalue weighted by molar-refractivity contribution is 6.00. The third-order valence-corrected chi connectivity index (χ3v) is 4.80. The fourth-order valence-electron chi connectivity index (χ4n) is 3.10. The molecule has 0 bridgehead atoms. The fourth-order valence-corrected chi connectivity index (χ4v) is 3.10. The number of benzene rings is 1. The Morgan fingerprint density at radius 3 is 2.95 bits per heavy atom. The molecule has 3 N–H and O–H groups in total. The van der Waals surface area contributed by atoms with Gasteiger partial charge in [0.2, 0.25) is 5.91 Å². The summed E-state index contributed by atoms with van der Waals surface area (Å²) in [5.41, 5.74) is 7.17. The zero-order valence-corrected chi connectivity index (χ0v) is 13.3. The van der Waals surface area contributed by atoms with Crippen LogP contribution in [0.5, 0.6) is 0 Å². The van der Waals surface area contributed by atoms with Crippen molar-refractivity contribution in [2.75, 3.05) is 5.32 Å². The summed E-state index contributed by atoms with van der Waals surface area (Å²) in [4.78, 5) is 12.0. The Hall–Kier alpha value is -1.39. The Morgan fingerprint density at radius 1 is 1.41 bits per heavy atom. The van der Waals surface area contributed by atoms with E-state index in [4.69, 9.17) is 10.5 Å². The molecular formula is C18H26N2O2. The standard InChI is InChI=1S/C18H26N2O2/c1-13-4-2-7-16(10-13)22-12-14-5-3-6-15(11-14)20-17(21)18(19)8-9-18/h3,5-6,11,13,16H,2,4,7-10,12,19H2,1H3,(H,20,21). The molecule has 0 radical (unpaired) electrons. The van der Waals surface area contributed by atoms with Crippen molar-refractivity contribution in [3.63, 3.8) is 0 Å². The average molecular weight is 302 g/mol. The Balaban J connectivity index is 1.53. The molecule has 1 aromatic carbocycles. The van der Waals surface area contributed by atoms with E-state index in [1.54, 1.807) is 0 Å². The zero-order valence-electron chi connectivity index (χ0n) is 13.3. The van der Waals surface area contributed by atoms with Gasteiger partial charge in [-0.15, -0.1) is 0 Å². The van der Waals surface area contributed by atoms with E-state index < -0.39 is 5.54 Å². The van der Waals surface area contributed by atoms with Gasteiger partial charge in [-0.1, -0.05) is 31.9 Å². The molecule has 1 aromatic rings. The highest BCUT2D eigenvalue weighted by atomic mass is 16.5. The van der Waals surface area contributed by atoms with Crippen molar-refractivity contribution < 1.29 is 9.53 Å². The second-order valence-corrected chi connectivity index (χ2v) is 7.02. The summed E-state index contributed by atoms with van der Waals surface area (Å²) in [7, 11) is 0. The summed E-state index contributed by atoms with van der Waals surface area (Å²) in [6.45, 7) is 2.90. The fraction of sp³-hybridized carbons (Fsp3) is 0.611. The molecule has 120 valence electrons. The number of nitrogens with two attached hydrogens (primary N) is 1. The highest BCUT2D eigenvalue weighted by Crippen LogP contribution is 2.33. The van der Waals surface area contributed by atoms with Crippen molar-refractivity contribution in [1.29, 1.82) is 0 Å². The Bertz CT molecular complexity index is 540. The van der Waals surface area contributed by atoms with E-state index in [9.17, 15) is 4.79 Å². The first-order valence-corrected chi connectivity index (χ1v) is 8.36. The molecule has 3 rings (SSSR count). The minimum atomic E-state index is -0.634. The topological polar surface area (TPSA) is 64.3 Å². The van der Waals surface area contributed by atoms with E-state index in [0.29, 0.717) is 12.7 Å². The van der Waals surface area contributed by atoms with Crippen molar-refractivity contribution in [1.82, 2.24) is 0 Å². The molecular weight excluding hydrogens is 276 g/mol. The minimum Gasteiger partial charge on any atom is -0.374 e. The Labute approximate surface area is 132 Å². The third kappa shape index (κ3) is 3.87. The first-order valence-electron chi connectivity index (χ1n) is 8.36. The van der Waals surface area contributed by atoms with Gasteiger partial charge in [-0.25, -0.2) is 0 Å². The van der Waals surface area contributed by atoms with Crippen LogP contribution in [-0.2, 0) is 16.1 Å². The van der Waals surface area contributed by atoms with Crippen LogP contribution < -0.4 is 11.1 Å². The Morgan fingerprint density at radius 2 is 2.23 bits per heavy atom. The molecule has 1 amide bonds. The molecule has 0 aromatic heterocycles. The molecule has 2 unspecified atom stereocenters. The quantitative estimate of drug-likeness (QED) is 0.878. The van der Waals surface area contributed by atoms with Gasteiger partial charge < -0.3 is 15.8 Å². The number of anilines is 1.